The third-order valence-electron chi connectivity index (χ3n) is 3.72. The Bertz CT molecular complexity index is 670. The van der Waals surface area contributed by atoms with Gasteiger partial charge in [0, 0.05) is 0 Å². The van der Waals surface area contributed by atoms with E-state index >= 15 is 0 Å². The van der Waals surface area contributed by atoms with Crippen LogP contribution in [0.15, 0.2) is 12.7 Å². The van der Waals surface area contributed by atoms with Crippen LogP contribution in [0.1, 0.15) is 6.23 Å². The minimum atomic E-state index is -1.19. The van der Waals surface area contributed by atoms with Crippen LogP contribution in [0.3, 0.4) is 0 Å². The second kappa shape index (κ2) is 7.34. The highest BCUT2D eigenvalue weighted by Crippen LogP contribution is 2.31. The Morgan fingerprint density at radius 2 is 1.92 bits per heavy atom. The number of aliphatic hydroxyl groups is 3. The molecule has 4 heterocycles. The largest absolute Gasteiger partial charge is 0.394 e. The molecule has 0 amide bonds. The van der Waals surface area contributed by atoms with E-state index in [2.05, 4.69) is 15.0 Å². The topological polar surface area (TPSA) is 158 Å². The summed E-state index contributed by atoms with van der Waals surface area (Å²) in [6.45, 7) is 1.67. The van der Waals surface area contributed by atoms with E-state index in [1.807, 2.05) is 0 Å². The molecule has 2 saturated heterocycles. The van der Waals surface area contributed by atoms with Gasteiger partial charge < -0.3 is 35.3 Å². The first-order valence-electron chi connectivity index (χ1n) is 7.34. The van der Waals surface area contributed by atoms with Gasteiger partial charge in [0.2, 0.25) is 0 Å². The molecule has 132 valence electrons. The maximum atomic E-state index is 9.95. The number of rotatable bonds is 2. The van der Waals surface area contributed by atoms with Crippen LogP contribution in [-0.4, -0.2) is 79.8 Å². The Morgan fingerprint density at radius 1 is 1.17 bits per heavy atom. The van der Waals surface area contributed by atoms with Crippen molar-refractivity contribution >= 4 is 17.0 Å². The van der Waals surface area contributed by atoms with Crippen LogP contribution < -0.4 is 5.73 Å². The number of imidazole rings is 1. The molecule has 5 N–H and O–H groups in total. The molecule has 0 unspecified atom stereocenters. The predicted octanol–water partition coefficient (Wildman–Crippen LogP) is -1.99. The Hall–Kier alpha value is -1.89. The minimum Gasteiger partial charge on any atom is -0.394 e. The summed E-state index contributed by atoms with van der Waals surface area (Å²) in [6.07, 6.45) is -1.42. The average Bonchev–Trinajstić information content (AvgIpc) is 3.32. The Balaban J connectivity index is 0.000000290. The van der Waals surface area contributed by atoms with Crippen LogP contribution in [-0.2, 0) is 14.2 Å². The molecule has 0 radical (unpaired) electrons. The summed E-state index contributed by atoms with van der Waals surface area (Å²) >= 11 is 0. The number of aliphatic hydroxyl groups excluding tert-OH is 3. The summed E-state index contributed by atoms with van der Waals surface area (Å²) in [5, 5.41) is 28.7. The van der Waals surface area contributed by atoms with Crippen molar-refractivity contribution < 1.29 is 29.5 Å². The molecule has 2 aliphatic heterocycles. The van der Waals surface area contributed by atoms with Crippen molar-refractivity contribution in [3.05, 3.63) is 12.7 Å². The molecule has 2 aliphatic rings. The van der Waals surface area contributed by atoms with E-state index in [9.17, 15) is 10.2 Å². The van der Waals surface area contributed by atoms with Gasteiger partial charge in [-0.2, -0.15) is 0 Å². The molecule has 4 rings (SSSR count). The summed E-state index contributed by atoms with van der Waals surface area (Å²) in [7, 11) is 0. The lowest BCUT2D eigenvalue weighted by molar-refractivity contribution is -0.0511. The van der Waals surface area contributed by atoms with E-state index in [0.29, 0.717) is 18.0 Å². The summed E-state index contributed by atoms with van der Waals surface area (Å²) in [4.78, 5) is 11.9. The van der Waals surface area contributed by atoms with Crippen LogP contribution in [0.4, 0.5) is 5.82 Å². The number of hydrogen-bond donors (Lipinski definition) is 4. The molecule has 0 spiro atoms. The smallest absolute Gasteiger partial charge is 0.167 e. The molecule has 24 heavy (non-hydrogen) atoms. The van der Waals surface area contributed by atoms with Gasteiger partial charge in [0.1, 0.15) is 36.9 Å². The van der Waals surface area contributed by atoms with Gasteiger partial charge in [-0.3, -0.25) is 4.57 Å². The standard InChI is InChI=1S/C10H13N5O4.C3H6O2/c11-8-5-9(13-2-12-8)15(3-14-5)10-7(18)6(17)4(1-16)19-10;1-2-5-3-4-1/h2-4,6-7,10,16-18H,1H2,(H2,11,12,13);1-3H2/t4-,6-,7-,10-;/m1./s1. The van der Waals surface area contributed by atoms with Crippen LogP contribution in [0.25, 0.3) is 11.2 Å². The Morgan fingerprint density at radius 3 is 2.50 bits per heavy atom. The minimum absolute atomic E-state index is 0.218. The molecule has 11 nitrogen and oxygen atoms in total. The summed E-state index contributed by atoms with van der Waals surface area (Å²) in [6, 6.07) is 0. The van der Waals surface area contributed by atoms with Crippen molar-refractivity contribution in [2.75, 3.05) is 32.3 Å². The molecule has 0 bridgehead atoms. The van der Waals surface area contributed by atoms with E-state index in [0.717, 1.165) is 13.2 Å². The van der Waals surface area contributed by atoms with Crippen LogP contribution in [0.2, 0.25) is 0 Å². The first kappa shape index (κ1) is 17.0. The second-order valence-corrected chi connectivity index (χ2v) is 5.25. The third kappa shape index (κ3) is 3.17. The molecule has 2 fully saturated rings. The van der Waals surface area contributed by atoms with E-state index in [4.69, 9.17) is 25.1 Å². The number of hydrogen-bond acceptors (Lipinski definition) is 10. The van der Waals surface area contributed by atoms with Crippen LogP contribution in [0.5, 0.6) is 0 Å². The first-order chi connectivity index (χ1) is 11.6. The summed E-state index contributed by atoms with van der Waals surface area (Å²) < 4.78 is 16.3. The number of fused-ring (bicyclic) bond motifs is 1. The summed E-state index contributed by atoms with van der Waals surface area (Å²) in [5.41, 5.74) is 6.44. The highest BCUT2D eigenvalue weighted by molar-refractivity contribution is 5.81. The van der Waals surface area contributed by atoms with Crippen molar-refractivity contribution in [1.29, 1.82) is 0 Å². The van der Waals surface area contributed by atoms with Gasteiger partial charge in [-0.25, -0.2) is 15.0 Å². The number of ether oxygens (including phenoxy) is 3. The van der Waals surface area contributed by atoms with Gasteiger partial charge in [0.25, 0.3) is 0 Å². The maximum absolute atomic E-state index is 9.95. The molecule has 0 aromatic carbocycles. The van der Waals surface area contributed by atoms with E-state index in [1.54, 1.807) is 0 Å². The van der Waals surface area contributed by atoms with Crippen molar-refractivity contribution in [3.8, 4) is 0 Å². The average molecular weight is 341 g/mol. The second-order valence-electron chi connectivity index (χ2n) is 5.25. The SMILES string of the molecule is C1COCO1.Nc1ncnc2c1ncn2[C@@H]1O[C@H](CO)[C@@H](O)[C@H]1O. The van der Waals surface area contributed by atoms with Crippen LogP contribution in [0, 0.1) is 0 Å². The monoisotopic (exact) mass is 341 g/mol. The lowest BCUT2D eigenvalue weighted by Crippen LogP contribution is -2.33. The molecule has 4 atom stereocenters. The molecule has 2 aromatic heterocycles. The first-order valence-corrected chi connectivity index (χ1v) is 7.34. The Kier molecular flexibility index (Phi) is 5.18. The molecular weight excluding hydrogens is 322 g/mol. The lowest BCUT2D eigenvalue weighted by atomic mass is 10.1. The van der Waals surface area contributed by atoms with E-state index < -0.39 is 31.1 Å². The highest BCUT2D eigenvalue weighted by atomic mass is 16.7. The normalized spacial score (nSPS) is 29.6. The van der Waals surface area contributed by atoms with Gasteiger partial charge in [-0.15, -0.1) is 0 Å². The number of aromatic nitrogens is 4. The molecule has 2 aromatic rings. The van der Waals surface area contributed by atoms with Crippen molar-refractivity contribution in [2.24, 2.45) is 0 Å². The predicted molar refractivity (Wildman–Crippen MR) is 79.5 cm³/mol. The van der Waals surface area contributed by atoms with Crippen molar-refractivity contribution in [1.82, 2.24) is 19.5 Å². The molecule has 0 aliphatic carbocycles. The van der Waals surface area contributed by atoms with Crippen molar-refractivity contribution in [3.63, 3.8) is 0 Å². The summed E-state index contributed by atoms with van der Waals surface area (Å²) in [5.74, 6) is 0.218. The van der Waals surface area contributed by atoms with Crippen molar-refractivity contribution in [2.45, 2.75) is 24.5 Å². The quantitative estimate of drug-likeness (QED) is 0.482. The molecule has 11 heteroatoms. The van der Waals surface area contributed by atoms with Gasteiger partial charge in [0.15, 0.2) is 17.7 Å². The maximum Gasteiger partial charge on any atom is 0.167 e. The van der Waals surface area contributed by atoms with Gasteiger partial charge in [0.05, 0.1) is 26.1 Å². The highest BCUT2D eigenvalue weighted by Gasteiger charge is 2.43. The number of anilines is 1. The van der Waals surface area contributed by atoms with E-state index in [1.165, 1.54) is 17.2 Å². The zero-order valence-corrected chi connectivity index (χ0v) is 12.7. The number of nitrogens with zero attached hydrogens (tertiary/aromatic N) is 4. The number of nitrogens with two attached hydrogens (primary N) is 1. The number of nitrogen functional groups attached to an aromatic ring is 1. The van der Waals surface area contributed by atoms with E-state index in [-0.39, 0.29) is 5.82 Å². The third-order valence-corrected chi connectivity index (χ3v) is 3.72. The Labute approximate surface area is 136 Å². The fourth-order valence-electron chi connectivity index (χ4n) is 2.46. The van der Waals surface area contributed by atoms with Crippen LogP contribution >= 0.6 is 0 Å². The zero-order valence-electron chi connectivity index (χ0n) is 12.7. The zero-order chi connectivity index (χ0) is 17.1. The van der Waals surface area contributed by atoms with Gasteiger partial charge >= 0.3 is 0 Å². The van der Waals surface area contributed by atoms with Gasteiger partial charge in [-0.05, 0) is 0 Å². The lowest BCUT2D eigenvalue weighted by Gasteiger charge is -2.16. The fraction of sp³-hybridized carbons (Fsp3) is 0.615. The fourth-order valence-corrected chi connectivity index (χ4v) is 2.46. The molecule has 0 saturated carbocycles. The van der Waals surface area contributed by atoms with Gasteiger partial charge in [-0.1, -0.05) is 0 Å². The molecular formula is C13H19N5O6.